The fraction of sp³-hybridized carbons (Fsp3) is 0.647. The molecule has 0 heterocycles. The SMILES string of the molecule is CCCNCC1CCCCC1Cc1ccc(F)c(Cl)c1. The highest BCUT2D eigenvalue weighted by Crippen LogP contribution is 2.32. The molecule has 112 valence electrons. The summed E-state index contributed by atoms with van der Waals surface area (Å²) in [6.45, 7) is 4.42. The van der Waals surface area contributed by atoms with Gasteiger partial charge in [-0.1, -0.05) is 37.4 Å². The predicted molar refractivity (Wildman–Crippen MR) is 83.7 cm³/mol. The Morgan fingerprint density at radius 1 is 1.25 bits per heavy atom. The van der Waals surface area contributed by atoms with Crippen molar-refractivity contribution < 1.29 is 4.39 Å². The van der Waals surface area contributed by atoms with Crippen molar-refractivity contribution in [2.45, 2.75) is 45.4 Å². The minimum atomic E-state index is -0.319. The first-order valence-corrected chi connectivity index (χ1v) is 8.23. The Balaban J connectivity index is 1.95. The number of benzene rings is 1. The number of hydrogen-bond acceptors (Lipinski definition) is 1. The molecule has 0 radical (unpaired) electrons. The minimum Gasteiger partial charge on any atom is -0.316 e. The zero-order valence-corrected chi connectivity index (χ0v) is 13.1. The Morgan fingerprint density at radius 3 is 2.70 bits per heavy atom. The van der Waals surface area contributed by atoms with Crippen LogP contribution in [0.3, 0.4) is 0 Å². The van der Waals surface area contributed by atoms with E-state index in [2.05, 4.69) is 12.2 Å². The van der Waals surface area contributed by atoms with Crippen molar-refractivity contribution in [1.29, 1.82) is 0 Å². The van der Waals surface area contributed by atoms with Crippen molar-refractivity contribution in [3.63, 3.8) is 0 Å². The van der Waals surface area contributed by atoms with E-state index in [0.717, 1.165) is 25.4 Å². The first-order chi connectivity index (χ1) is 9.70. The smallest absolute Gasteiger partial charge is 0.141 e. The van der Waals surface area contributed by atoms with Gasteiger partial charge in [-0.3, -0.25) is 0 Å². The highest BCUT2D eigenvalue weighted by atomic mass is 35.5. The quantitative estimate of drug-likeness (QED) is 0.742. The Hall–Kier alpha value is -0.600. The molecule has 2 unspecified atom stereocenters. The zero-order chi connectivity index (χ0) is 14.4. The van der Waals surface area contributed by atoms with Crippen molar-refractivity contribution in [2.24, 2.45) is 11.8 Å². The molecule has 0 aromatic heterocycles. The van der Waals surface area contributed by atoms with E-state index in [9.17, 15) is 4.39 Å². The first-order valence-electron chi connectivity index (χ1n) is 7.85. The van der Waals surface area contributed by atoms with Gasteiger partial charge in [0.2, 0.25) is 0 Å². The third kappa shape index (κ3) is 4.46. The molecular weight excluding hydrogens is 273 g/mol. The lowest BCUT2D eigenvalue weighted by atomic mass is 9.76. The summed E-state index contributed by atoms with van der Waals surface area (Å²) in [6, 6.07) is 5.17. The topological polar surface area (TPSA) is 12.0 Å². The highest BCUT2D eigenvalue weighted by molar-refractivity contribution is 6.30. The first kappa shape index (κ1) is 15.8. The molecule has 2 rings (SSSR count). The number of hydrogen-bond donors (Lipinski definition) is 1. The lowest BCUT2D eigenvalue weighted by Gasteiger charge is -2.32. The van der Waals surface area contributed by atoms with Gasteiger partial charge in [-0.15, -0.1) is 0 Å². The van der Waals surface area contributed by atoms with Gasteiger partial charge in [-0.25, -0.2) is 4.39 Å². The van der Waals surface area contributed by atoms with Crippen LogP contribution in [0.1, 0.15) is 44.6 Å². The molecule has 1 aromatic carbocycles. The van der Waals surface area contributed by atoms with E-state index in [-0.39, 0.29) is 10.8 Å². The fourth-order valence-electron chi connectivity index (χ4n) is 3.26. The van der Waals surface area contributed by atoms with Gasteiger partial charge in [-0.2, -0.15) is 0 Å². The molecule has 1 aliphatic carbocycles. The van der Waals surface area contributed by atoms with E-state index >= 15 is 0 Å². The van der Waals surface area contributed by atoms with Crippen LogP contribution >= 0.6 is 11.6 Å². The normalized spacial score (nSPS) is 22.9. The molecule has 1 saturated carbocycles. The molecule has 3 heteroatoms. The number of rotatable bonds is 6. The summed E-state index contributed by atoms with van der Waals surface area (Å²) < 4.78 is 13.2. The van der Waals surface area contributed by atoms with Crippen molar-refractivity contribution in [3.05, 3.63) is 34.6 Å². The average Bonchev–Trinajstić information content (AvgIpc) is 2.45. The molecule has 0 aliphatic heterocycles. The molecule has 1 fully saturated rings. The van der Waals surface area contributed by atoms with Crippen LogP contribution in [0.15, 0.2) is 18.2 Å². The lowest BCUT2D eigenvalue weighted by molar-refractivity contribution is 0.229. The van der Waals surface area contributed by atoms with Gasteiger partial charge < -0.3 is 5.32 Å². The van der Waals surface area contributed by atoms with E-state index in [0.29, 0.717) is 5.92 Å². The van der Waals surface area contributed by atoms with E-state index in [1.165, 1.54) is 43.7 Å². The van der Waals surface area contributed by atoms with Crippen LogP contribution < -0.4 is 5.32 Å². The second-order valence-electron chi connectivity index (χ2n) is 5.96. The molecule has 1 aliphatic rings. The second-order valence-corrected chi connectivity index (χ2v) is 6.37. The monoisotopic (exact) mass is 297 g/mol. The molecular formula is C17H25ClFN. The molecule has 2 atom stereocenters. The van der Waals surface area contributed by atoms with Crippen LogP contribution in [0.25, 0.3) is 0 Å². The Labute approximate surface area is 126 Å². The molecule has 0 bridgehead atoms. The van der Waals surface area contributed by atoms with E-state index in [1.54, 1.807) is 6.07 Å². The van der Waals surface area contributed by atoms with Crippen LogP contribution in [-0.4, -0.2) is 13.1 Å². The summed E-state index contributed by atoms with van der Waals surface area (Å²) >= 11 is 5.88. The van der Waals surface area contributed by atoms with Gasteiger partial charge in [0.25, 0.3) is 0 Å². The standard InChI is InChI=1S/C17H25ClFN/c1-2-9-20-12-15-6-4-3-5-14(15)10-13-7-8-17(19)16(18)11-13/h7-8,11,14-15,20H,2-6,9-10,12H2,1H3. The summed E-state index contributed by atoms with van der Waals surface area (Å²) in [5.74, 6) is 1.13. The van der Waals surface area contributed by atoms with Gasteiger partial charge >= 0.3 is 0 Å². The van der Waals surface area contributed by atoms with Gasteiger partial charge in [0.05, 0.1) is 5.02 Å². The molecule has 1 N–H and O–H groups in total. The maximum Gasteiger partial charge on any atom is 0.141 e. The molecule has 20 heavy (non-hydrogen) atoms. The van der Waals surface area contributed by atoms with Crippen LogP contribution in [0.5, 0.6) is 0 Å². The fourth-order valence-corrected chi connectivity index (χ4v) is 3.46. The molecule has 0 saturated heterocycles. The maximum absolute atomic E-state index is 13.2. The van der Waals surface area contributed by atoms with Crippen molar-refractivity contribution >= 4 is 11.6 Å². The summed E-state index contributed by atoms with van der Waals surface area (Å²) in [6.07, 6.45) is 7.48. The summed E-state index contributed by atoms with van der Waals surface area (Å²) in [7, 11) is 0. The second kappa shape index (κ2) is 7.99. The number of nitrogens with one attached hydrogen (secondary N) is 1. The van der Waals surface area contributed by atoms with Gasteiger partial charge in [-0.05, 0) is 68.3 Å². The van der Waals surface area contributed by atoms with Crippen LogP contribution in [0, 0.1) is 17.7 Å². The van der Waals surface area contributed by atoms with E-state index < -0.39 is 0 Å². The molecule has 1 nitrogen and oxygen atoms in total. The summed E-state index contributed by atoms with van der Waals surface area (Å²) in [4.78, 5) is 0. The van der Waals surface area contributed by atoms with Gasteiger partial charge in [0.15, 0.2) is 0 Å². The van der Waals surface area contributed by atoms with Crippen molar-refractivity contribution in [1.82, 2.24) is 5.32 Å². The molecule has 0 amide bonds. The summed E-state index contributed by atoms with van der Waals surface area (Å²) in [5.41, 5.74) is 1.17. The third-order valence-corrected chi connectivity index (χ3v) is 4.67. The number of halogens is 2. The molecule has 1 aromatic rings. The third-order valence-electron chi connectivity index (χ3n) is 4.38. The lowest BCUT2D eigenvalue weighted by Crippen LogP contribution is -2.32. The van der Waals surface area contributed by atoms with Crippen molar-refractivity contribution in [3.8, 4) is 0 Å². The highest BCUT2D eigenvalue weighted by Gasteiger charge is 2.25. The predicted octanol–water partition coefficient (Wildman–Crippen LogP) is 4.83. The van der Waals surface area contributed by atoms with Crippen LogP contribution in [0.2, 0.25) is 5.02 Å². The van der Waals surface area contributed by atoms with Crippen molar-refractivity contribution in [2.75, 3.05) is 13.1 Å². The largest absolute Gasteiger partial charge is 0.316 e. The van der Waals surface area contributed by atoms with E-state index in [1.807, 2.05) is 6.07 Å². The Morgan fingerprint density at radius 2 is 2.00 bits per heavy atom. The zero-order valence-electron chi connectivity index (χ0n) is 12.3. The van der Waals surface area contributed by atoms with Crippen LogP contribution in [-0.2, 0) is 6.42 Å². The Kier molecular flexibility index (Phi) is 6.31. The Bertz CT molecular complexity index is 421. The average molecular weight is 298 g/mol. The molecule has 0 spiro atoms. The minimum absolute atomic E-state index is 0.249. The van der Waals surface area contributed by atoms with Gasteiger partial charge in [0.1, 0.15) is 5.82 Å². The maximum atomic E-state index is 13.2. The summed E-state index contributed by atoms with van der Waals surface area (Å²) in [5, 5.41) is 3.80. The van der Waals surface area contributed by atoms with Crippen LogP contribution in [0.4, 0.5) is 4.39 Å². The van der Waals surface area contributed by atoms with E-state index in [4.69, 9.17) is 11.6 Å². The van der Waals surface area contributed by atoms with Gasteiger partial charge in [0, 0.05) is 0 Å².